The molecule has 1 aliphatic heterocycles. The smallest absolute Gasteiger partial charge is 0.420 e. The van der Waals surface area contributed by atoms with E-state index in [1.54, 1.807) is 18.5 Å². The van der Waals surface area contributed by atoms with Gasteiger partial charge in [0.2, 0.25) is 0 Å². The van der Waals surface area contributed by atoms with Gasteiger partial charge < -0.3 is 20.7 Å². The fraction of sp³-hybridized carbons (Fsp3) is 0.273. The van der Waals surface area contributed by atoms with Gasteiger partial charge in [-0.05, 0) is 50.2 Å². The van der Waals surface area contributed by atoms with Gasteiger partial charge in [0.25, 0.3) is 5.91 Å². The van der Waals surface area contributed by atoms with E-state index >= 15 is 0 Å². The second kappa shape index (κ2) is 11.0. The second-order valence-corrected chi connectivity index (χ2v) is 7.38. The summed E-state index contributed by atoms with van der Waals surface area (Å²) >= 11 is 4.75. The number of ether oxygens (including phenoxy) is 1. The molecule has 0 unspecified atom stereocenters. The van der Waals surface area contributed by atoms with Crippen LogP contribution in [0.1, 0.15) is 23.2 Å². The quantitative estimate of drug-likeness (QED) is 0.515. The van der Waals surface area contributed by atoms with E-state index in [1.807, 2.05) is 0 Å². The fourth-order valence-electron chi connectivity index (χ4n) is 3.36. The SMILES string of the molecule is CN.O=C(Nc1ccc(OC(F)(F)Cl)cc1)c1cnc(N2CCCC2)c(-c2cncnc2)c1. The van der Waals surface area contributed by atoms with Crippen molar-refractivity contribution in [3.05, 3.63) is 60.8 Å². The molecule has 4 rings (SSSR count). The molecule has 1 aliphatic rings. The Hall–Kier alpha value is -3.37. The van der Waals surface area contributed by atoms with Crippen LogP contribution in [0.2, 0.25) is 0 Å². The first-order valence-electron chi connectivity index (χ1n) is 10.1. The highest BCUT2D eigenvalue weighted by Crippen LogP contribution is 2.31. The number of benzene rings is 1. The maximum absolute atomic E-state index is 12.8. The number of carbonyl (C=O) groups is 1. The maximum atomic E-state index is 12.8. The summed E-state index contributed by atoms with van der Waals surface area (Å²) in [5, 5.41) is 2.72. The van der Waals surface area contributed by atoms with E-state index in [0.29, 0.717) is 11.3 Å². The number of anilines is 2. The molecule has 3 heterocycles. The Balaban J connectivity index is 0.00000149. The Bertz CT molecular complexity index is 1060. The number of rotatable bonds is 6. The number of halogens is 3. The number of amides is 1. The summed E-state index contributed by atoms with van der Waals surface area (Å²) in [7, 11) is 1.50. The van der Waals surface area contributed by atoms with Gasteiger partial charge in [-0.1, -0.05) is 0 Å². The van der Waals surface area contributed by atoms with Crippen molar-refractivity contribution in [2.24, 2.45) is 5.73 Å². The third-order valence-electron chi connectivity index (χ3n) is 4.75. The van der Waals surface area contributed by atoms with Gasteiger partial charge in [0, 0.05) is 60.1 Å². The Morgan fingerprint density at radius 1 is 1.12 bits per heavy atom. The average molecular weight is 477 g/mol. The van der Waals surface area contributed by atoms with Gasteiger partial charge in [-0.15, -0.1) is 8.78 Å². The molecule has 3 aromatic rings. The summed E-state index contributed by atoms with van der Waals surface area (Å²) in [5.74, 6) is 0.267. The molecule has 8 nitrogen and oxygen atoms in total. The van der Waals surface area contributed by atoms with Crippen LogP contribution in [0.15, 0.2) is 55.2 Å². The number of alkyl halides is 3. The van der Waals surface area contributed by atoms with E-state index in [9.17, 15) is 13.6 Å². The van der Waals surface area contributed by atoms with Gasteiger partial charge in [-0.3, -0.25) is 4.79 Å². The van der Waals surface area contributed by atoms with Crippen LogP contribution >= 0.6 is 11.6 Å². The van der Waals surface area contributed by atoms with Gasteiger partial charge >= 0.3 is 5.57 Å². The summed E-state index contributed by atoms with van der Waals surface area (Å²) in [5.41, 5.74) is 2.97. The van der Waals surface area contributed by atoms with Crippen molar-refractivity contribution in [2.45, 2.75) is 18.4 Å². The number of nitrogens with zero attached hydrogens (tertiary/aromatic N) is 4. The standard InChI is InChI=1S/C21H18ClF2N5O2.CH5N/c22-21(23,24)31-17-5-3-16(4-6-17)28-20(30)14-9-18(15-10-25-13-26-11-15)19(27-12-14)29-7-1-2-8-29;1-2/h3-6,9-13H,1-2,7-8H2,(H,28,30);2H2,1H3. The summed E-state index contributed by atoms with van der Waals surface area (Å²) < 4.78 is 29.7. The summed E-state index contributed by atoms with van der Waals surface area (Å²) in [4.78, 5) is 27.6. The molecule has 1 amide bonds. The molecule has 0 atom stereocenters. The van der Waals surface area contributed by atoms with Crippen LogP contribution < -0.4 is 20.7 Å². The first-order valence-corrected chi connectivity index (χ1v) is 10.5. The normalized spacial score (nSPS) is 13.2. The monoisotopic (exact) mass is 476 g/mol. The molecule has 0 spiro atoms. The van der Waals surface area contributed by atoms with Crippen molar-refractivity contribution < 1.29 is 18.3 Å². The number of pyridine rings is 1. The van der Waals surface area contributed by atoms with Crippen LogP contribution in [0.3, 0.4) is 0 Å². The third kappa shape index (κ3) is 6.56. The van der Waals surface area contributed by atoms with Gasteiger partial charge in [-0.25, -0.2) is 15.0 Å². The van der Waals surface area contributed by atoms with Crippen LogP contribution in [-0.2, 0) is 0 Å². The van der Waals surface area contributed by atoms with Crippen molar-refractivity contribution in [3.8, 4) is 16.9 Å². The Labute approximate surface area is 194 Å². The van der Waals surface area contributed by atoms with Crippen LogP contribution in [0, 0.1) is 0 Å². The molecular formula is C22H23ClF2N6O2. The minimum atomic E-state index is -3.80. The lowest BCUT2D eigenvalue weighted by molar-refractivity contribution is -0.0964. The van der Waals surface area contributed by atoms with E-state index in [4.69, 9.17) is 11.6 Å². The van der Waals surface area contributed by atoms with Crippen LogP contribution in [0.4, 0.5) is 20.3 Å². The molecule has 1 aromatic carbocycles. The van der Waals surface area contributed by atoms with Crippen molar-refractivity contribution in [2.75, 3.05) is 30.4 Å². The summed E-state index contributed by atoms with van der Waals surface area (Å²) in [6, 6.07) is 7.20. The molecule has 2 aromatic heterocycles. The van der Waals surface area contributed by atoms with E-state index in [1.165, 1.54) is 43.8 Å². The minimum absolute atomic E-state index is 0.124. The number of hydrogen-bond acceptors (Lipinski definition) is 7. The molecule has 0 aliphatic carbocycles. The molecule has 1 fully saturated rings. The zero-order valence-electron chi connectivity index (χ0n) is 17.8. The molecule has 0 bridgehead atoms. The largest absolute Gasteiger partial charge is 0.487 e. The highest BCUT2D eigenvalue weighted by atomic mass is 35.5. The van der Waals surface area contributed by atoms with Crippen molar-refractivity contribution in [1.29, 1.82) is 0 Å². The van der Waals surface area contributed by atoms with Crippen LogP contribution in [0.25, 0.3) is 11.1 Å². The molecule has 0 radical (unpaired) electrons. The minimum Gasteiger partial charge on any atom is -0.420 e. The predicted octanol–water partition coefficient (Wildman–Crippen LogP) is 4.13. The number of hydrogen-bond donors (Lipinski definition) is 2. The summed E-state index contributed by atoms with van der Waals surface area (Å²) in [6.07, 6.45) is 8.49. The van der Waals surface area contributed by atoms with Crippen LogP contribution in [0.5, 0.6) is 5.75 Å². The molecular weight excluding hydrogens is 454 g/mol. The first-order chi connectivity index (χ1) is 15.9. The Morgan fingerprint density at radius 2 is 1.76 bits per heavy atom. The summed E-state index contributed by atoms with van der Waals surface area (Å²) in [6.45, 7) is 1.80. The predicted molar refractivity (Wildman–Crippen MR) is 123 cm³/mol. The van der Waals surface area contributed by atoms with E-state index < -0.39 is 11.5 Å². The number of carbonyl (C=O) groups excluding carboxylic acids is 1. The molecule has 3 N–H and O–H groups in total. The van der Waals surface area contributed by atoms with Gasteiger partial charge in [0.05, 0.1) is 5.56 Å². The lowest BCUT2D eigenvalue weighted by atomic mass is 10.1. The zero-order valence-corrected chi connectivity index (χ0v) is 18.6. The topological polar surface area (TPSA) is 106 Å². The highest BCUT2D eigenvalue weighted by Gasteiger charge is 2.27. The van der Waals surface area contributed by atoms with Gasteiger partial charge in [0.15, 0.2) is 0 Å². The van der Waals surface area contributed by atoms with E-state index in [2.05, 4.69) is 35.6 Å². The van der Waals surface area contributed by atoms with Crippen molar-refractivity contribution in [1.82, 2.24) is 15.0 Å². The zero-order chi connectivity index (χ0) is 23.8. The molecule has 33 heavy (non-hydrogen) atoms. The van der Waals surface area contributed by atoms with E-state index in [-0.39, 0.29) is 5.75 Å². The molecule has 0 saturated carbocycles. The number of aromatic nitrogens is 3. The maximum Gasteiger partial charge on any atom is 0.487 e. The van der Waals surface area contributed by atoms with E-state index in [0.717, 1.165) is 42.9 Å². The molecule has 1 saturated heterocycles. The lowest BCUT2D eigenvalue weighted by Gasteiger charge is -2.20. The average Bonchev–Trinajstić information content (AvgIpc) is 3.36. The first kappa shape index (κ1) is 24.3. The van der Waals surface area contributed by atoms with Crippen molar-refractivity contribution >= 4 is 29.0 Å². The number of nitrogens with two attached hydrogens (primary N) is 1. The van der Waals surface area contributed by atoms with Crippen LogP contribution in [-0.4, -0.2) is 46.6 Å². The molecule has 174 valence electrons. The Morgan fingerprint density at radius 3 is 2.36 bits per heavy atom. The molecule has 11 heteroatoms. The second-order valence-electron chi connectivity index (χ2n) is 6.94. The third-order valence-corrected chi connectivity index (χ3v) is 4.83. The number of nitrogens with one attached hydrogen (secondary N) is 1. The Kier molecular flexibility index (Phi) is 8.07. The van der Waals surface area contributed by atoms with Gasteiger partial charge in [0.1, 0.15) is 17.9 Å². The van der Waals surface area contributed by atoms with Crippen molar-refractivity contribution in [3.63, 3.8) is 0 Å². The lowest BCUT2D eigenvalue weighted by Crippen LogP contribution is -2.21. The highest BCUT2D eigenvalue weighted by molar-refractivity contribution is 6.20. The van der Waals surface area contributed by atoms with Gasteiger partial charge in [-0.2, -0.15) is 0 Å². The fourth-order valence-corrected chi connectivity index (χ4v) is 3.45.